The summed E-state index contributed by atoms with van der Waals surface area (Å²) in [6, 6.07) is 4.08. The number of benzene rings is 1. The normalized spacial score (nSPS) is 18.0. The van der Waals surface area contributed by atoms with Crippen molar-refractivity contribution in [2.45, 2.75) is 25.3 Å². The summed E-state index contributed by atoms with van der Waals surface area (Å²) in [5, 5.41) is 9.35. The Bertz CT molecular complexity index is 577. The van der Waals surface area contributed by atoms with Gasteiger partial charge in [0.25, 0.3) is 5.91 Å². The van der Waals surface area contributed by atoms with Crippen molar-refractivity contribution >= 4 is 5.91 Å². The second kappa shape index (κ2) is 7.21. The monoisotopic (exact) mass is 290 g/mol. The summed E-state index contributed by atoms with van der Waals surface area (Å²) in [5.74, 6) is 4.43. The Balaban J connectivity index is 2.21. The Kier molecular flexibility index (Phi) is 5.32. The Labute approximate surface area is 123 Å². The zero-order valence-electron chi connectivity index (χ0n) is 11.8. The molecule has 1 amide bonds. The lowest BCUT2D eigenvalue weighted by atomic mass is 10.0. The summed E-state index contributed by atoms with van der Waals surface area (Å²) in [7, 11) is 0. The molecular weight excluding hydrogens is 271 g/mol. The van der Waals surface area contributed by atoms with E-state index in [1.54, 1.807) is 11.0 Å². The average Bonchev–Trinajstić information content (AvgIpc) is 2.53. The largest absolute Gasteiger partial charge is 0.394 e. The van der Waals surface area contributed by atoms with Gasteiger partial charge in [0.1, 0.15) is 5.82 Å². The minimum Gasteiger partial charge on any atom is -0.394 e. The van der Waals surface area contributed by atoms with Crippen LogP contribution in [-0.4, -0.2) is 41.7 Å². The first-order valence-electron chi connectivity index (χ1n) is 7.07. The Morgan fingerprint density at radius 1 is 1.48 bits per heavy atom. The number of aliphatic hydroxyl groups excluding tert-OH is 1. The Hall–Kier alpha value is -1.90. The third-order valence-corrected chi connectivity index (χ3v) is 3.64. The summed E-state index contributed by atoms with van der Waals surface area (Å²) >= 11 is 0. The maximum absolute atomic E-state index is 13.9. The number of rotatable bonds is 2. The summed E-state index contributed by atoms with van der Waals surface area (Å²) in [5.41, 5.74) is 5.77. The van der Waals surface area contributed by atoms with Gasteiger partial charge in [-0.1, -0.05) is 11.8 Å². The number of aliphatic hydroxyl groups is 1. The van der Waals surface area contributed by atoms with Crippen LogP contribution >= 0.6 is 0 Å². The van der Waals surface area contributed by atoms with Crippen LogP contribution in [0.25, 0.3) is 0 Å². The molecule has 1 aromatic rings. The number of nitrogens with zero attached hydrogens (tertiary/aromatic N) is 1. The van der Waals surface area contributed by atoms with E-state index in [0.717, 1.165) is 19.3 Å². The van der Waals surface area contributed by atoms with Crippen LogP contribution in [0.5, 0.6) is 0 Å². The molecule has 0 aliphatic carbocycles. The summed E-state index contributed by atoms with van der Waals surface area (Å²) in [6.07, 6.45) is 2.69. The molecule has 1 aliphatic rings. The Morgan fingerprint density at radius 3 is 2.95 bits per heavy atom. The van der Waals surface area contributed by atoms with Gasteiger partial charge in [-0.3, -0.25) is 4.79 Å². The molecule has 1 fully saturated rings. The molecular formula is C16H19FN2O2. The van der Waals surface area contributed by atoms with Gasteiger partial charge in [0.2, 0.25) is 0 Å². The second-order valence-corrected chi connectivity index (χ2v) is 5.03. The van der Waals surface area contributed by atoms with E-state index in [-0.39, 0.29) is 36.2 Å². The van der Waals surface area contributed by atoms with Gasteiger partial charge in [0.15, 0.2) is 0 Å². The van der Waals surface area contributed by atoms with Crippen LogP contribution in [0.2, 0.25) is 0 Å². The van der Waals surface area contributed by atoms with Crippen molar-refractivity contribution in [3.63, 3.8) is 0 Å². The lowest BCUT2D eigenvalue weighted by Crippen LogP contribution is -2.45. The molecule has 3 N–H and O–H groups in total. The topological polar surface area (TPSA) is 66.6 Å². The van der Waals surface area contributed by atoms with Gasteiger partial charge < -0.3 is 15.7 Å². The fourth-order valence-corrected chi connectivity index (χ4v) is 2.52. The van der Waals surface area contributed by atoms with E-state index in [1.807, 2.05) is 0 Å². The van der Waals surface area contributed by atoms with E-state index in [0.29, 0.717) is 6.54 Å². The molecule has 1 unspecified atom stereocenters. The van der Waals surface area contributed by atoms with Gasteiger partial charge in [0.05, 0.1) is 24.8 Å². The molecule has 1 heterocycles. The van der Waals surface area contributed by atoms with Crippen molar-refractivity contribution in [2.24, 2.45) is 5.73 Å². The third-order valence-electron chi connectivity index (χ3n) is 3.64. The predicted molar refractivity (Wildman–Crippen MR) is 78.1 cm³/mol. The van der Waals surface area contributed by atoms with Gasteiger partial charge >= 0.3 is 0 Å². The minimum absolute atomic E-state index is 0.0612. The number of hydrogen-bond acceptors (Lipinski definition) is 3. The van der Waals surface area contributed by atoms with Crippen molar-refractivity contribution in [1.82, 2.24) is 4.90 Å². The number of amides is 1. The van der Waals surface area contributed by atoms with Crippen molar-refractivity contribution in [2.75, 3.05) is 19.7 Å². The van der Waals surface area contributed by atoms with Gasteiger partial charge in [-0.25, -0.2) is 4.39 Å². The molecule has 21 heavy (non-hydrogen) atoms. The van der Waals surface area contributed by atoms with Crippen LogP contribution in [0.3, 0.4) is 0 Å². The minimum atomic E-state index is -0.528. The highest BCUT2D eigenvalue weighted by molar-refractivity contribution is 5.94. The summed E-state index contributed by atoms with van der Waals surface area (Å²) in [6.45, 7) is 0.695. The number of nitrogens with two attached hydrogens (primary N) is 1. The molecule has 1 atom stereocenters. The number of carbonyl (C=O) groups excluding carboxylic acids is 1. The molecule has 0 spiro atoms. The quantitative estimate of drug-likeness (QED) is 0.802. The third kappa shape index (κ3) is 3.60. The predicted octanol–water partition coefficient (Wildman–Crippen LogP) is 1.12. The molecule has 5 heteroatoms. The average molecular weight is 290 g/mol. The van der Waals surface area contributed by atoms with E-state index in [2.05, 4.69) is 11.8 Å². The van der Waals surface area contributed by atoms with Crippen LogP contribution in [0.4, 0.5) is 4.39 Å². The zero-order valence-corrected chi connectivity index (χ0v) is 11.8. The van der Waals surface area contributed by atoms with Gasteiger partial charge in [-0.15, -0.1) is 0 Å². The lowest BCUT2D eigenvalue weighted by Gasteiger charge is -2.34. The molecule has 2 rings (SSSR count). The molecule has 112 valence electrons. The van der Waals surface area contributed by atoms with Crippen LogP contribution in [0.15, 0.2) is 18.2 Å². The highest BCUT2D eigenvalue weighted by atomic mass is 19.1. The van der Waals surface area contributed by atoms with Gasteiger partial charge in [-0.05, 0) is 37.5 Å². The first-order chi connectivity index (χ1) is 10.2. The molecule has 1 aliphatic heterocycles. The van der Waals surface area contributed by atoms with Crippen LogP contribution in [-0.2, 0) is 0 Å². The standard InChI is InChI=1S/C16H19FN2O2/c17-15-10-13(7-6-12(15)4-3-8-18)16(21)19-9-2-1-5-14(19)11-20/h6-7,10,14,20H,1-2,5,8-9,11,18H2. The molecule has 1 saturated heterocycles. The summed E-state index contributed by atoms with van der Waals surface area (Å²) < 4.78 is 13.9. The fourth-order valence-electron chi connectivity index (χ4n) is 2.52. The number of carbonyl (C=O) groups is 1. The molecule has 4 nitrogen and oxygen atoms in total. The Morgan fingerprint density at radius 2 is 2.29 bits per heavy atom. The summed E-state index contributed by atoms with van der Waals surface area (Å²) in [4.78, 5) is 14.1. The molecule has 1 aromatic carbocycles. The van der Waals surface area contributed by atoms with Crippen LogP contribution in [0, 0.1) is 17.7 Å². The molecule has 0 aromatic heterocycles. The van der Waals surface area contributed by atoms with Crippen LogP contribution < -0.4 is 5.73 Å². The SMILES string of the molecule is NCC#Cc1ccc(C(=O)N2CCCCC2CO)cc1F. The van der Waals surface area contributed by atoms with E-state index < -0.39 is 5.82 Å². The first kappa shape index (κ1) is 15.5. The molecule has 0 saturated carbocycles. The smallest absolute Gasteiger partial charge is 0.254 e. The van der Waals surface area contributed by atoms with Crippen molar-refractivity contribution < 1.29 is 14.3 Å². The van der Waals surface area contributed by atoms with E-state index in [9.17, 15) is 14.3 Å². The fraction of sp³-hybridized carbons (Fsp3) is 0.438. The maximum atomic E-state index is 13.9. The zero-order chi connectivity index (χ0) is 15.2. The highest BCUT2D eigenvalue weighted by Gasteiger charge is 2.27. The number of piperidine rings is 1. The highest BCUT2D eigenvalue weighted by Crippen LogP contribution is 2.20. The first-order valence-corrected chi connectivity index (χ1v) is 7.07. The van der Waals surface area contributed by atoms with E-state index >= 15 is 0 Å². The second-order valence-electron chi connectivity index (χ2n) is 5.03. The van der Waals surface area contributed by atoms with Gasteiger partial charge in [0, 0.05) is 12.1 Å². The maximum Gasteiger partial charge on any atom is 0.254 e. The van der Waals surface area contributed by atoms with Crippen molar-refractivity contribution in [3.05, 3.63) is 35.1 Å². The molecule has 0 bridgehead atoms. The molecule has 0 radical (unpaired) electrons. The van der Waals surface area contributed by atoms with Crippen LogP contribution in [0.1, 0.15) is 35.2 Å². The van der Waals surface area contributed by atoms with E-state index in [4.69, 9.17) is 5.73 Å². The van der Waals surface area contributed by atoms with Gasteiger partial charge in [-0.2, -0.15) is 0 Å². The number of halogens is 1. The lowest BCUT2D eigenvalue weighted by molar-refractivity contribution is 0.0502. The number of hydrogen-bond donors (Lipinski definition) is 2. The van der Waals surface area contributed by atoms with Crippen molar-refractivity contribution in [1.29, 1.82) is 0 Å². The number of likely N-dealkylation sites (tertiary alicyclic amines) is 1. The van der Waals surface area contributed by atoms with Crippen molar-refractivity contribution in [3.8, 4) is 11.8 Å². The van der Waals surface area contributed by atoms with E-state index in [1.165, 1.54) is 12.1 Å².